The molecule has 2 unspecified atom stereocenters. The molecule has 8 nitrogen and oxygen atoms in total. The molecule has 2 aromatic heterocycles. The summed E-state index contributed by atoms with van der Waals surface area (Å²) in [5.41, 5.74) is 6.82. The van der Waals surface area contributed by atoms with Crippen LogP contribution in [0, 0.1) is 12.3 Å². The van der Waals surface area contributed by atoms with Gasteiger partial charge in [0.1, 0.15) is 16.9 Å². The number of hydrogen-bond acceptors (Lipinski definition) is 6. The lowest BCUT2D eigenvalue weighted by atomic mass is 9.69. The first-order valence-corrected chi connectivity index (χ1v) is 14.0. The van der Waals surface area contributed by atoms with E-state index in [-0.39, 0.29) is 17.6 Å². The molecule has 4 aromatic rings. The third-order valence-corrected chi connectivity index (χ3v) is 8.82. The van der Waals surface area contributed by atoms with Crippen LogP contribution in [0.1, 0.15) is 79.6 Å². The Balaban J connectivity index is 1.45. The van der Waals surface area contributed by atoms with Crippen LogP contribution in [0.25, 0.3) is 11.0 Å². The lowest BCUT2D eigenvalue weighted by Crippen LogP contribution is -2.41. The first kappa shape index (κ1) is 26.4. The van der Waals surface area contributed by atoms with Gasteiger partial charge in [-0.15, -0.1) is 5.10 Å². The Morgan fingerprint density at radius 2 is 2.00 bits per heavy atom. The summed E-state index contributed by atoms with van der Waals surface area (Å²) in [5, 5.41) is 19.0. The third-order valence-electron chi connectivity index (χ3n) is 8.82. The van der Waals surface area contributed by atoms with Crippen molar-refractivity contribution in [3.63, 3.8) is 0 Å². The Kier molecular flexibility index (Phi) is 6.22. The smallest absolute Gasteiger partial charge is 0.310 e. The van der Waals surface area contributed by atoms with Gasteiger partial charge in [-0.25, -0.2) is 4.68 Å². The molecule has 0 fully saturated rings. The van der Waals surface area contributed by atoms with Crippen molar-refractivity contribution in [1.29, 1.82) is 0 Å². The van der Waals surface area contributed by atoms with Gasteiger partial charge in [0, 0.05) is 38.3 Å². The highest BCUT2D eigenvalue weighted by molar-refractivity contribution is 5.81. The van der Waals surface area contributed by atoms with Crippen molar-refractivity contribution in [3.05, 3.63) is 82.2 Å². The van der Waals surface area contributed by atoms with Gasteiger partial charge >= 0.3 is 5.97 Å². The summed E-state index contributed by atoms with van der Waals surface area (Å²) in [6.07, 6.45) is 3.83. The first-order chi connectivity index (χ1) is 19.0. The van der Waals surface area contributed by atoms with Crippen molar-refractivity contribution < 1.29 is 14.6 Å². The van der Waals surface area contributed by atoms with E-state index in [1.807, 2.05) is 52.2 Å². The highest BCUT2D eigenvalue weighted by Gasteiger charge is 2.42. The van der Waals surface area contributed by atoms with Gasteiger partial charge in [-0.3, -0.25) is 14.7 Å². The fourth-order valence-electron chi connectivity index (χ4n) is 6.75. The summed E-state index contributed by atoms with van der Waals surface area (Å²) in [6.45, 7) is 11.4. The Morgan fingerprint density at radius 1 is 1.20 bits per heavy atom. The second kappa shape index (κ2) is 9.41. The number of rotatable bonds is 5. The predicted molar refractivity (Wildman–Crippen MR) is 153 cm³/mol. The molecule has 40 heavy (non-hydrogen) atoms. The second-order valence-corrected chi connectivity index (χ2v) is 12.5. The number of aromatic nitrogens is 4. The molecule has 2 atom stereocenters. The van der Waals surface area contributed by atoms with E-state index in [9.17, 15) is 9.90 Å². The minimum atomic E-state index is -1.05. The number of ether oxygens (including phenoxy) is 1. The highest BCUT2D eigenvalue weighted by Crippen LogP contribution is 2.47. The number of carbonyl (C=O) groups is 1. The van der Waals surface area contributed by atoms with E-state index >= 15 is 0 Å². The standard InChI is InChI=1S/C32H37N5O3/c1-19-22(12-14-26-29(19)34-35-36(26)6)28(32(4,5)30(38)39)21-10-9-20-11-13-25(23(20)16-21)37-17-24-27(8-7-15-33-24)40-31(2,3)18-37/h7-10,12,14-16,25,28H,11,13,17-18H2,1-6H3,(H,38,39). The van der Waals surface area contributed by atoms with Crippen LogP contribution in [-0.4, -0.2) is 48.1 Å². The van der Waals surface area contributed by atoms with Gasteiger partial charge < -0.3 is 9.84 Å². The molecule has 2 aromatic carbocycles. The zero-order chi connectivity index (χ0) is 28.4. The number of carboxylic acid groups (broad SMARTS) is 1. The molecule has 1 N–H and O–H groups in total. The maximum Gasteiger partial charge on any atom is 0.310 e. The van der Waals surface area contributed by atoms with Crippen molar-refractivity contribution in [3.8, 4) is 5.75 Å². The molecule has 1 aliphatic carbocycles. The van der Waals surface area contributed by atoms with Crippen LogP contribution in [0.2, 0.25) is 0 Å². The van der Waals surface area contributed by atoms with E-state index in [0.717, 1.165) is 58.6 Å². The van der Waals surface area contributed by atoms with Crippen LogP contribution < -0.4 is 4.74 Å². The summed E-state index contributed by atoms with van der Waals surface area (Å²) < 4.78 is 8.13. The van der Waals surface area contributed by atoms with Gasteiger partial charge in [-0.1, -0.05) is 29.5 Å². The van der Waals surface area contributed by atoms with Gasteiger partial charge in [0.05, 0.1) is 16.6 Å². The van der Waals surface area contributed by atoms with Crippen molar-refractivity contribution in [2.75, 3.05) is 6.54 Å². The maximum absolute atomic E-state index is 12.7. The number of fused-ring (bicyclic) bond motifs is 3. The van der Waals surface area contributed by atoms with Gasteiger partial charge in [-0.05, 0) is 93.5 Å². The SMILES string of the molecule is Cc1c(C(c2ccc3c(c2)C(N2Cc4ncccc4OC(C)(C)C2)CC3)C(C)(C)C(=O)O)ccc2c1nnn2C. The highest BCUT2D eigenvalue weighted by atomic mass is 16.5. The van der Waals surface area contributed by atoms with Crippen molar-refractivity contribution >= 4 is 17.0 Å². The fraction of sp³-hybridized carbons (Fsp3) is 0.438. The van der Waals surface area contributed by atoms with Crippen LogP contribution in [0.5, 0.6) is 5.75 Å². The number of aryl methyl sites for hydroxylation is 3. The Bertz CT molecular complexity index is 1620. The average Bonchev–Trinajstić information content (AvgIpc) is 3.45. The molecule has 0 saturated heterocycles. The normalized spacial score (nSPS) is 19.5. The molecule has 8 heteroatoms. The van der Waals surface area contributed by atoms with Gasteiger partial charge in [0.2, 0.25) is 0 Å². The molecule has 1 aliphatic heterocycles. The number of pyridine rings is 1. The van der Waals surface area contributed by atoms with E-state index in [1.54, 1.807) is 4.68 Å². The minimum absolute atomic E-state index is 0.197. The maximum atomic E-state index is 12.7. The first-order valence-electron chi connectivity index (χ1n) is 14.0. The van der Waals surface area contributed by atoms with E-state index in [4.69, 9.17) is 4.74 Å². The van der Waals surface area contributed by atoms with Crippen molar-refractivity contribution in [2.24, 2.45) is 12.5 Å². The molecular weight excluding hydrogens is 502 g/mol. The molecular formula is C32H37N5O3. The quantitative estimate of drug-likeness (QED) is 0.354. The fourth-order valence-corrected chi connectivity index (χ4v) is 6.75. The Morgan fingerprint density at radius 3 is 2.77 bits per heavy atom. The number of carboxylic acids is 1. The van der Waals surface area contributed by atoms with Gasteiger partial charge in [0.25, 0.3) is 0 Å². The summed E-state index contributed by atoms with van der Waals surface area (Å²) in [5.74, 6) is -0.350. The lowest BCUT2D eigenvalue weighted by molar-refractivity contribution is -0.147. The molecule has 2 aliphatic rings. The number of benzene rings is 2. The zero-order valence-electron chi connectivity index (χ0n) is 24.1. The Hall–Kier alpha value is -3.78. The molecule has 208 valence electrons. The molecule has 0 bridgehead atoms. The summed E-state index contributed by atoms with van der Waals surface area (Å²) in [7, 11) is 1.87. The van der Waals surface area contributed by atoms with Crippen LogP contribution in [0.4, 0.5) is 0 Å². The van der Waals surface area contributed by atoms with Crippen LogP contribution in [0.15, 0.2) is 48.7 Å². The largest absolute Gasteiger partial charge is 0.485 e. The van der Waals surface area contributed by atoms with Crippen LogP contribution in [0.3, 0.4) is 0 Å². The Labute approximate surface area is 235 Å². The lowest BCUT2D eigenvalue weighted by Gasteiger charge is -2.35. The number of nitrogens with zero attached hydrogens (tertiary/aromatic N) is 5. The third kappa shape index (κ3) is 4.35. The summed E-state index contributed by atoms with van der Waals surface area (Å²) in [6, 6.07) is 14.8. The second-order valence-electron chi connectivity index (χ2n) is 12.5. The van der Waals surface area contributed by atoms with E-state index in [1.165, 1.54) is 11.1 Å². The van der Waals surface area contributed by atoms with Gasteiger partial charge in [-0.2, -0.15) is 0 Å². The predicted octanol–water partition coefficient (Wildman–Crippen LogP) is 5.57. The van der Waals surface area contributed by atoms with E-state index < -0.39 is 11.4 Å². The van der Waals surface area contributed by atoms with Crippen molar-refractivity contribution in [1.82, 2.24) is 24.9 Å². The zero-order valence-corrected chi connectivity index (χ0v) is 24.1. The van der Waals surface area contributed by atoms with Crippen LogP contribution >= 0.6 is 0 Å². The van der Waals surface area contributed by atoms with Crippen molar-refractivity contribution in [2.45, 2.75) is 71.6 Å². The molecule has 6 rings (SSSR count). The van der Waals surface area contributed by atoms with E-state index in [2.05, 4.69) is 58.3 Å². The number of aliphatic carboxylic acids is 1. The topological polar surface area (TPSA) is 93.4 Å². The molecule has 0 amide bonds. The molecule has 0 radical (unpaired) electrons. The molecule has 0 saturated carbocycles. The van der Waals surface area contributed by atoms with Gasteiger partial charge in [0.15, 0.2) is 0 Å². The number of hydrogen-bond donors (Lipinski definition) is 1. The van der Waals surface area contributed by atoms with Crippen LogP contribution in [-0.2, 0) is 24.8 Å². The summed E-state index contributed by atoms with van der Waals surface area (Å²) >= 11 is 0. The molecule has 3 heterocycles. The monoisotopic (exact) mass is 539 g/mol. The minimum Gasteiger partial charge on any atom is -0.485 e. The molecule has 0 spiro atoms. The summed E-state index contributed by atoms with van der Waals surface area (Å²) in [4.78, 5) is 19.8. The van der Waals surface area contributed by atoms with E-state index in [0.29, 0.717) is 6.54 Å². The average molecular weight is 540 g/mol.